The summed E-state index contributed by atoms with van der Waals surface area (Å²) in [7, 11) is 0. The fraction of sp³-hybridized carbons (Fsp3) is 0.185. The van der Waals surface area contributed by atoms with Crippen LogP contribution in [0.15, 0.2) is 78.9 Å². The number of aryl methyl sites for hydroxylation is 1. The van der Waals surface area contributed by atoms with Gasteiger partial charge >= 0.3 is 0 Å². The van der Waals surface area contributed by atoms with E-state index < -0.39 is 0 Å². The SMILES string of the molecule is CCc1ccc(N2C(=O)[C@@H]3Cc4c([nH]c5ccccc45)[C@@H](c4ccccc4)N3C2=S)cc1. The van der Waals surface area contributed by atoms with Gasteiger partial charge in [0, 0.05) is 23.0 Å². The summed E-state index contributed by atoms with van der Waals surface area (Å²) in [6.07, 6.45) is 1.61. The summed E-state index contributed by atoms with van der Waals surface area (Å²) in [5, 5.41) is 1.76. The molecule has 4 nitrogen and oxygen atoms in total. The summed E-state index contributed by atoms with van der Waals surface area (Å²) in [6.45, 7) is 2.13. The number of fused-ring (bicyclic) bond motifs is 4. The van der Waals surface area contributed by atoms with Crippen LogP contribution in [-0.2, 0) is 17.6 Å². The predicted molar refractivity (Wildman–Crippen MR) is 132 cm³/mol. The fourth-order valence-corrected chi connectivity index (χ4v) is 5.60. The van der Waals surface area contributed by atoms with Gasteiger partial charge in [0.15, 0.2) is 5.11 Å². The van der Waals surface area contributed by atoms with Crippen molar-refractivity contribution in [2.45, 2.75) is 31.8 Å². The van der Waals surface area contributed by atoms with Crippen molar-refractivity contribution in [3.05, 3.63) is 101 Å². The maximum Gasteiger partial charge on any atom is 0.256 e. The molecule has 2 aliphatic heterocycles. The Morgan fingerprint density at radius 3 is 2.44 bits per heavy atom. The monoisotopic (exact) mass is 437 g/mol. The second-order valence-electron chi connectivity index (χ2n) is 8.48. The lowest BCUT2D eigenvalue weighted by Crippen LogP contribution is -2.44. The van der Waals surface area contributed by atoms with Crippen LogP contribution in [0, 0.1) is 0 Å². The Hall–Kier alpha value is -3.44. The first-order chi connectivity index (χ1) is 15.7. The topological polar surface area (TPSA) is 39.3 Å². The minimum absolute atomic E-state index is 0.0520. The number of nitrogens with one attached hydrogen (secondary N) is 1. The van der Waals surface area contributed by atoms with E-state index in [-0.39, 0.29) is 18.0 Å². The Morgan fingerprint density at radius 1 is 0.969 bits per heavy atom. The maximum atomic E-state index is 13.7. The Balaban J connectivity index is 1.51. The summed E-state index contributed by atoms with van der Waals surface area (Å²) in [5.41, 5.74) is 6.66. The largest absolute Gasteiger partial charge is 0.356 e. The standard InChI is InChI=1S/C27H23N3OS/c1-2-17-12-14-19(15-13-17)29-26(31)23-16-21-20-10-6-7-11-22(20)28-24(21)25(30(23)27(29)32)18-8-4-3-5-9-18/h3-15,23,25,28H,2,16H2,1H3/t23-,25+/m0/s1. The third kappa shape index (κ3) is 2.74. The third-order valence-corrected chi connectivity index (χ3v) is 7.16. The summed E-state index contributed by atoms with van der Waals surface area (Å²) in [6, 6.07) is 26.4. The number of para-hydroxylation sites is 1. The van der Waals surface area contributed by atoms with E-state index in [1.807, 2.05) is 36.4 Å². The number of hydrogen-bond acceptors (Lipinski definition) is 2. The van der Waals surface area contributed by atoms with Crippen LogP contribution < -0.4 is 4.90 Å². The van der Waals surface area contributed by atoms with Crippen molar-refractivity contribution < 1.29 is 4.79 Å². The van der Waals surface area contributed by atoms with Crippen molar-refractivity contribution in [1.29, 1.82) is 0 Å². The average molecular weight is 438 g/mol. The minimum atomic E-state index is -0.315. The molecule has 1 aromatic heterocycles. The molecule has 0 spiro atoms. The van der Waals surface area contributed by atoms with Crippen LogP contribution in [0.2, 0.25) is 0 Å². The highest BCUT2D eigenvalue weighted by atomic mass is 32.1. The molecule has 1 amide bonds. The number of carbonyl (C=O) groups is 1. The molecule has 0 unspecified atom stereocenters. The highest BCUT2D eigenvalue weighted by Crippen LogP contribution is 2.44. The van der Waals surface area contributed by atoms with E-state index in [4.69, 9.17) is 12.2 Å². The van der Waals surface area contributed by atoms with Gasteiger partial charge in [0.1, 0.15) is 6.04 Å². The van der Waals surface area contributed by atoms with Crippen LogP contribution >= 0.6 is 12.2 Å². The first kappa shape index (κ1) is 19.3. The summed E-state index contributed by atoms with van der Waals surface area (Å²) in [5.74, 6) is 0.0520. The van der Waals surface area contributed by atoms with Crippen molar-refractivity contribution in [2.24, 2.45) is 0 Å². The maximum absolute atomic E-state index is 13.7. The number of hydrogen-bond donors (Lipinski definition) is 1. The quantitative estimate of drug-likeness (QED) is 0.438. The molecule has 6 rings (SSSR count). The van der Waals surface area contributed by atoms with Gasteiger partial charge in [-0.1, -0.05) is 67.6 Å². The molecular weight excluding hydrogens is 414 g/mol. The molecule has 0 radical (unpaired) electrons. The summed E-state index contributed by atoms with van der Waals surface area (Å²) in [4.78, 5) is 21.3. The number of amides is 1. The molecule has 3 heterocycles. The van der Waals surface area contributed by atoms with Crippen LogP contribution in [0.5, 0.6) is 0 Å². The van der Waals surface area contributed by atoms with Gasteiger partial charge in [-0.15, -0.1) is 0 Å². The second-order valence-corrected chi connectivity index (χ2v) is 8.84. The fourth-order valence-electron chi connectivity index (χ4n) is 5.17. The number of aromatic nitrogens is 1. The van der Waals surface area contributed by atoms with Crippen molar-refractivity contribution in [3.8, 4) is 0 Å². The van der Waals surface area contributed by atoms with Gasteiger partial charge in [0.2, 0.25) is 0 Å². The Labute approximate surface area is 192 Å². The van der Waals surface area contributed by atoms with E-state index in [0.717, 1.165) is 28.9 Å². The first-order valence-electron chi connectivity index (χ1n) is 11.1. The van der Waals surface area contributed by atoms with Crippen molar-refractivity contribution >= 4 is 39.8 Å². The van der Waals surface area contributed by atoms with Gasteiger partial charge in [-0.05, 0) is 53.5 Å². The number of nitrogens with zero attached hydrogens (tertiary/aromatic N) is 2. The van der Waals surface area contributed by atoms with Gasteiger partial charge in [-0.25, -0.2) is 0 Å². The van der Waals surface area contributed by atoms with Gasteiger partial charge in [-0.2, -0.15) is 0 Å². The lowest BCUT2D eigenvalue weighted by molar-refractivity contribution is -0.120. The van der Waals surface area contributed by atoms with Crippen molar-refractivity contribution in [1.82, 2.24) is 9.88 Å². The highest BCUT2D eigenvalue weighted by molar-refractivity contribution is 7.80. The lowest BCUT2D eigenvalue weighted by Gasteiger charge is -2.37. The number of carbonyl (C=O) groups excluding carboxylic acids is 1. The zero-order chi connectivity index (χ0) is 21.8. The Bertz CT molecular complexity index is 1340. The van der Waals surface area contributed by atoms with Gasteiger partial charge in [-0.3, -0.25) is 9.69 Å². The number of H-pyrrole nitrogens is 1. The number of thiocarbonyl (C=S) groups is 1. The Morgan fingerprint density at radius 2 is 1.69 bits per heavy atom. The van der Waals surface area contributed by atoms with Crippen LogP contribution in [-0.4, -0.2) is 26.9 Å². The number of anilines is 1. The van der Waals surface area contributed by atoms with Crippen LogP contribution in [0.3, 0.4) is 0 Å². The first-order valence-corrected chi connectivity index (χ1v) is 11.5. The molecular formula is C27H23N3OS. The van der Waals surface area contributed by atoms with Gasteiger partial charge < -0.3 is 9.88 Å². The van der Waals surface area contributed by atoms with E-state index in [2.05, 4.69) is 59.3 Å². The highest BCUT2D eigenvalue weighted by Gasteiger charge is 2.50. The normalized spacial score (nSPS) is 20.0. The van der Waals surface area contributed by atoms with Crippen molar-refractivity contribution in [2.75, 3.05) is 4.90 Å². The molecule has 0 saturated carbocycles. The molecule has 32 heavy (non-hydrogen) atoms. The Kier molecular flexibility index (Phi) is 4.40. The van der Waals surface area contributed by atoms with Gasteiger partial charge in [0.25, 0.3) is 5.91 Å². The van der Waals surface area contributed by atoms with E-state index in [1.165, 1.54) is 16.5 Å². The van der Waals surface area contributed by atoms with E-state index >= 15 is 0 Å². The lowest BCUT2D eigenvalue weighted by atomic mass is 9.89. The van der Waals surface area contributed by atoms with Crippen molar-refractivity contribution in [3.63, 3.8) is 0 Å². The molecule has 1 fully saturated rings. The molecule has 4 aromatic rings. The van der Waals surface area contributed by atoms with E-state index in [0.29, 0.717) is 11.5 Å². The zero-order valence-electron chi connectivity index (χ0n) is 17.8. The van der Waals surface area contributed by atoms with Gasteiger partial charge in [0.05, 0.1) is 11.7 Å². The molecule has 1 N–H and O–H groups in total. The minimum Gasteiger partial charge on any atom is -0.356 e. The number of benzene rings is 3. The van der Waals surface area contributed by atoms with Crippen LogP contribution in [0.4, 0.5) is 5.69 Å². The molecule has 3 aromatic carbocycles. The number of rotatable bonds is 3. The molecule has 5 heteroatoms. The molecule has 0 aliphatic carbocycles. The third-order valence-electron chi connectivity index (χ3n) is 6.77. The summed E-state index contributed by atoms with van der Waals surface area (Å²) >= 11 is 5.96. The molecule has 0 bridgehead atoms. The number of aromatic amines is 1. The average Bonchev–Trinajstić information content (AvgIpc) is 3.33. The molecule has 158 valence electrons. The smallest absolute Gasteiger partial charge is 0.256 e. The molecule has 1 saturated heterocycles. The summed E-state index contributed by atoms with van der Waals surface area (Å²) < 4.78 is 0. The molecule has 2 aliphatic rings. The zero-order valence-corrected chi connectivity index (χ0v) is 18.6. The van der Waals surface area contributed by atoms with E-state index in [1.54, 1.807) is 4.90 Å². The second kappa shape index (κ2) is 7.31. The predicted octanol–water partition coefficient (Wildman–Crippen LogP) is 5.38. The van der Waals surface area contributed by atoms with Crippen LogP contribution in [0.1, 0.15) is 35.3 Å². The van der Waals surface area contributed by atoms with E-state index in [9.17, 15) is 4.79 Å². The van der Waals surface area contributed by atoms with Crippen LogP contribution in [0.25, 0.3) is 10.9 Å². The molecule has 2 atom stereocenters.